The first kappa shape index (κ1) is 33.2. The fourth-order valence-electron chi connectivity index (χ4n) is 9.30. The van der Waals surface area contributed by atoms with Gasteiger partial charge in [0, 0.05) is 38.9 Å². The zero-order valence-electron chi connectivity index (χ0n) is 31.9. The van der Waals surface area contributed by atoms with E-state index >= 15 is 0 Å². The van der Waals surface area contributed by atoms with Crippen molar-refractivity contribution >= 4 is 27.8 Å². The summed E-state index contributed by atoms with van der Waals surface area (Å²) in [5.41, 5.74) is 17.6. The minimum atomic E-state index is -0.162. The van der Waals surface area contributed by atoms with Crippen LogP contribution < -0.4 is 9.64 Å². The largest absolute Gasteiger partial charge is 0.456 e. The quantitative estimate of drug-likeness (QED) is 0.175. The minimum absolute atomic E-state index is 0.162. The van der Waals surface area contributed by atoms with Crippen LogP contribution in [0, 0.1) is 0 Å². The van der Waals surface area contributed by atoms with Crippen molar-refractivity contribution in [3.63, 3.8) is 0 Å². The molecular weight excluding hydrogens is 691 g/mol. The Hall–Kier alpha value is -7.16. The predicted octanol–water partition coefficient (Wildman–Crippen LogP) is 15.4. The Bertz CT molecular complexity index is 2960. The lowest BCUT2D eigenvalue weighted by atomic mass is 9.82. The van der Waals surface area contributed by atoms with Gasteiger partial charge in [-0.3, -0.25) is 0 Å². The van der Waals surface area contributed by atoms with Crippen molar-refractivity contribution in [2.45, 2.75) is 19.3 Å². The Morgan fingerprint density at radius 1 is 0.368 bits per heavy atom. The van der Waals surface area contributed by atoms with E-state index in [1.165, 1.54) is 49.7 Å². The van der Waals surface area contributed by atoms with Crippen LogP contribution in [-0.2, 0) is 5.41 Å². The average molecular weight is 730 g/mol. The normalized spacial score (nSPS) is 13.0. The van der Waals surface area contributed by atoms with Gasteiger partial charge in [-0.15, -0.1) is 0 Å². The molecule has 11 rings (SSSR count). The van der Waals surface area contributed by atoms with Gasteiger partial charge in [-0.2, -0.15) is 0 Å². The van der Waals surface area contributed by atoms with Crippen molar-refractivity contribution in [3.05, 3.63) is 211 Å². The lowest BCUT2D eigenvalue weighted by molar-refractivity contribution is 0.488. The second-order valence-electron chi connectivity index (χ2n) is 15.7. The van der Waals surface area contributed by atoms with E-state index in [4.69, 9.17) is 4.74 Å². The van der Waals surface area contributed by atoms with Gasteiger partial charge in [0.1, 0.15) is 11.5 Å². The van der Waals surface area contributed by atoms with Gasteiger partial charge in [0.2, 0.25) is 0 Å². The van der Waals surface area contributed by atoms with Gasteiger partial charge in [-0.1, -0.05) is 166 Å². The highest BCUT2D eigenvalue weighted by Crippen LogP contribution is 2.55. The van der Waals surface area contributed by atoms with Crippen LogP contribution in [0.15, 0.2) is 200 Å². The molecule has 0 atom stereocenters. The van der Waals surface area contributed by atoms with E-state index in [2.05, 4.69) is 219 Å². The molecule has 0 spiro atoms. The molecule has 0 bridgehead atoms. The summed E-state index contributed by atoms with van der Waals surface area (Å²) in [7, 11) is 0. The van der Waals surface area contributed by atoms with E-state index in [-0.39, 0.29) is 5.41 Å². The SMILES string of the molecule is CC1(C)c2ccccc2-c2ccc(N(c3cc(-c4ccccc4)cc(-c4ccccc4)c3)c3cc4c(c5ccccc35)-c3ccccc3Oc3ccccc3-4)cc21. The van der Waals surface area contributed by atoms with Gasteiger partial charge in [-0.25, -0.2) is 0 Å². The standard InChI is InChI=1S/C55H39NO/c1-55(2)49-26-14-11-21-42(49)43-30-29-40(34-50(43)55)56(41-32-38(36-17-5-3-6-18-36)31-39(33-41)37-19-7-4-8-20-37)51-35-48-45-23-12-15-27-52(45)57-53-28-16-13-25-47(53)54(48)46-24-10-9-22-44(46)51/h3-35H,1-2H3. The highest BCUT2D eigenvalue weighted by Gasteiger charge is 2.36. The molecule has 1 heterocycles. The van der Waals surface area contributed by atoms with E-state index < -0.39 is 0 Å². The zero-order valence-corrected chi connectivity index (χ0v) is 31.9. The number of para-hydroxylation sites is 2. The second-order valence-corrected chi connectivity index (χ2v) is 15.7. The first-order chi connectivity index (χ1) is 28.0. The van der Waals surface area contributed by atoms with E-state index in [9.17, 15) is 0 Å². The summed E-state index contributed by atoms with van der Waals surface area (Å²) in [6, 6.07) is 72.8. The minimum Gasteiger partial charge on any atom is -0.456 e. The van der Waals surface area contributed by atoms with Crippen LogP contribution in [0.2, 0.25) is 0 Å². The van der Waals surface area contributed by atoms with Gasteiger partial charge in [0.05, 0.1) is 5.69 Å². The number of nitrogens with zero attached hydrogens (tertiary/aromatic N) is 1. The molecule has 0 saturated heterocycles. The van der Waals surface area contributed by atoms with Crippen LogP contribution in [0.4, 0.5) is 17.1 Å². The van der Waals surface area contributed by atoms with Gasteiger partial charge in [0.25, 0.3) is 0 Å². The third-order valence-corrected chi connectivity index (χ3v) is 12.0. The maximum Gasteiger partial charge on any atom is 0.135 e. The molecule has 0 unspecified atom stereocenters. The Kier molecular flexibility index (Phi) is 7.55. The highest BCUT2D eigenvalue weighted by atomic mass is 16.5. The van der Waals surface area contributed by atoms with Crippen LogP contribution in [-0.4, -0.2) is 0 Å². The maximum absolute atomic E-state index is 6.72. The van der Waals surface area contributed by atoms with Crippen LogP contribution >= 0.6 is 0 Å². The fraction of sp³-hybridized carbons (Fsp3) is 0.0545. The monoisotopic (exact) mass is 729 g/mol. The maximum atomic E-state index is 6.72. The number of benzene rings is 9. The van der Waals surface area contributed by atoms with Gasteiger partial charge < -0.3 is 9.64 Å². The third kappa shape index (κ3) is 5.33. The van der Waals surface area contributed by atoms with Crippen LogP contribution in [0.1, 0.15) is 25.0 Å². The number of hydrogen-bond acceptors (Lipinski definition) is 2. The number of rotatable bonds is 5. The predicted molar refractivity (Wildman–Crippen MR) is 238 cm³/mol. The number of anilines is 3. The molecule has 0 amide bonds. The van der Waals surface area contributed by atoms with E-state index in [0.717, 1.165) is 56.4 Å². The lowest BCUT2D eigenvalue weighted by Gasteiger charge is -2.31. The molecule has 1 aliphatic heterocycles. The summed E-state index contributed by atoms with van der Waals surface area (Å²) >= 11 is 0. The first-order valence-electron chi connectivity index (χ1n) is 19.8. The van der Waals surface area contributed by atoms with Crippen molar-refractivity contribution in [1.82, 2.24) is 0 Å². The number of hydrogen-bond donors (Lipinski definition) is 0. The second kappa shape index (κ2) is 13.0. The molecule has 57 heavy (non-hydrogen) atoms. The van der Waals surface area contributed by atoms with Crippen molar-refractivity contribution in [1.29, 1.82) is 0 Å². The molecule has 0 N–H and O–H groups in total. The molecule has 0 fully saturated rings. The number of ether oxygens (including phenoxy) is 1. The fourth-order valence-corrected chi connectivity index (χ4v) is 9.30. The van der Waals surface area contributed by atoms with Crippen LogP contribution in [0.25, 0.3) is 66.4 Å². The van der Waals surface area contributed by atoms with Crippen molar-refractivity contribution in [2.75, 3.05) is 4.90 Å². The molecule has 9 aromatic carbocycles. The average Bonchev–Trinajstić information content (AvgIpc) is 3.39. The van der Waals surface area contributed by atoms with E-state index in [1.807, 2.05) is 0 Å². The van der Waals surface area contributed by atoms with E-state index in [0.29, 0.717) is 0 Å². The van der Waals surface area contributed by atoms with Crippen molar-refractivity contribution in [3.8, 4) is 67.1 Å². The molecule has 9 aromatic rings. The Morgan fingerprint density at radius 2 is 0.912 bits per heavy atom. The molecule has 2 aliphatic rings. The Balaban J connectivity index is 1.25. The van der Waals surface area contributed by atoms with Crippen LogP contribution in [0.3, 0.4) is 0 Å². The highest BCUT2D eigenvalue weighted by molar-refractivity contribution is 6.13. The molecule has 0 saturated carbocycles. The molecule has 0 radical (unpaired) electrons. The van der Waals surface area contributed by atoms with Gasteiger partial charge in [-0.05, 0) is 104 Å². The zero-order chi connectivity index (χ0) is 38.1. The Morgan fingerprint density at radius 3 is 1.61 bits per heavy atom. The summed E-state index contributed by atoms with van der Waals surface area (Å²) in [5.74, 6) is 1.72. The van der Waals surface area contributed by atoms with E-state index in [1.54, 1.807) is 0 Å². The first-order valence-corrected chi connectivity index (χ1v) is 19.8. The summed E-state index contributed by atoms with van der Waals surface area (Å²) < 4.78 is 6.72. The molecule has 270 valence electrons. The molecular formula is C55H39NO. The topological polar surface area (TPSA) is 12.5 Å². The van der Waals surface area contributed by atoms with Crippen molar-refractivity contribution in [2.24, 2.45) is 0 Å². The number of fused-ring (bicyclic) bond motifs is 10. The third-order valence-electron chi connectivity index (χ3n) is 12.0. The van der Waals surface area contributed by atoms with Gasteiger partial charge >= 0.3 is 0 Å². The smallest absolute Gasteiger partial charge is 0.135 e. The summed E-state index contributed by atoms with van der Waals surface area (Å²) in [6.45, 7) is 4.73. The Labute approximate surface area is 333 Å². The van der Waals surface area contributed by atoms with Crippen molar-refractivity contribution < 1.29 is 4.74 Å². The molecule has 1 aliphatic carbocycles. The summed E-state index contributed by atoms with van der Waals surface area (Å²) in [6.07, 6.45) is 0. The van der Waals surface area contributed by atoms with Crippen LogP contribution in [0.5, 0.6) is 11.5 Å². The van der Waals surface area contributed by atoms with Gasteiger partial charge in [0.15, 0.2) is 0 Å². The molecule has 0 aromatic heterocycles. The molecule has 2 heteroatoms. The summed E-state index contributed by atoms with van der Waals surface area (Å²) in [5, 5.41) is 2.35. The molecule has 2 nitrogen and oxygen atoms in total. The lowest BCUT2D eigenvalue weighted by Crippen LogP contribution is -2.17. The summed E-state index contributed by atoms with van der Waals surface area (Å²) in [4.78, 5) is 2.50.